The Morgan fingerprint density at radius 3 is 2.69 bits per heavy atom. The molecule has 1 atom stereocenters. The topological polar surface area (TPSA) is 29.1 Å². The van der Waals surface area contributed by atoms with E-state index in [1.165, 1.54) is 6.08 Å². The van der Waals surface area contributed by atoms with Crippen molar-refractivity contribution in [3.05, 3.63) is 48.6 Å². The Hall–Kier alpha value is -1.57. The summed E-state index contributed by atoms with van der Waals surface area (Å²) < 4.78 is 0. The lowest BCUT2D eigenvalue weighted by Crippen LogP contribution is -2.26. The van der Waals surface area contributed by atoms with E-state index in [0.717, 1.165) is 24.8 Å². The number of carbonyl (C=O) groups excluding carboxylic acids is 1. The molecule has 0 saturated carbocycles. The number of benzene rings is 1. The summed E-state index contributed by atoms with van der Waals surface area (Å²) in [5.74, 6) is -0.107. The molecule has 1 amide bonds. The minimum atomic E-state index is -0.107. The van der Waals surface area contributed by atoms with Crippen LogP contribution in [0.25, 0.3) is 0 Å². The van der Waals surface area contributed by atoms with Crippen molar-refractivity contribution in [3.8, 4) is 0 Å². The van der Waals surface area contributed by atoms with Crippen molar-refractivity contribution in [1.29, 1.82) is 0 Å². The molecule has 0 radical (unpaired) electrons. The fourth-order valence-electron chi connectivity index (χ4n) is 1.65. The number of rotatable bonds is 6. The van der Waals surface area contributed by atoms with Gasteiger partial charge in [0, 0.05) is 0 Å². The molecule has 0 heterocycles. The summed E-state index contributed by atoms with van der Waals surface area (Å²) in [6.45, 7) is 5.63. The average Bonchev–Trinajstić information content (AvgIpc) is 2.35. The normalized spacial score (nSPS) is 11.8. The van der Waals surface area contributed by atoms with Crippen LogP contribution in [0.2, 0.25) is 0 Å². The molecule has 1 aromatic rings. The van der Waals surface area contributed by atoms with Crippen molar-refractivity contribution in [1.82, 2.24) is 5.32 Å². The van der Waals surface area contributed by atoms with Crippen LogP contribution in [0.5, 0.6) is 0 Å². The van der Waals surface area contributed by atoms with Crippen LogP contribution in [-0.4, -0.2) is 5.91 Å². The summed E-state index contributed by atoms with van der Waals surface area (Å²) in [4.78, 5) is 11.3. The van der Waals surface area contributed by atoms with Gasteiger partial charge in [0.2, 0.25) is 5.91 Å². The molecule has 0 aliphatic rings. The first-order valence-corrected chi connectivity index (χ1v) is 5.75. The van der Waals surface area contributed by atoms with Gasteiger partial charge in [-0.15, -0.1) is 0 Å². The number of carbonyl (C=O) groups is 1. The van der Waals surface area contributed by atoms with E-state index in [-0.39, 0.29) is 11.9 Å². The quantitative estimate of drug-likeness (QED) is 0.728. The molecule has 0 aromatic heterocycles. The monoisotopic (exact) mass is 217 g/mol. The van der Waals surface area contributed by atoms with Crippen LogP contribution >= 0.6 is 0 Å². The first-order chi connectivity index (χ1) is 7.77. The fraction of sp³-hybridized carbons (Fsp3) is 0.357. The molecule has 1 unspecified atom stereocenters. The van der Waals surface area contributed by atoms with E-state index in [4.69, 9.17) is 0 Å². The van der Waals surface area contributed by atoms with Crippen molar-refractivity contribution >= 4 is 5.91 Å². The Labute approximate surface area is 97.4 Å². The maximum Gasteiger partial charge on any atom is 0.243 e. The number of nitrogens with one attached hydrogen (secondary N) is 1. The minimum Gasteiger partial charge on any atom is -0.346 e. The van der Waals surface area contributed by atoms with E-state index in [9.17, 15) is 4.79 Å². The lowest BCUT2D eigenvalue weighted by molar-refractivity contribution is -0.117. The summed E-state index contributed by atoms with van der Waals surface area (Å²) in [6, 6.07) is 10.2. The Morgan fingerprint density at radius 2 is 2.12 bits per heavy atom. The highest BCUT2D eigenvalue weighted by molar-refractivity contribution is 5.87. The van der Waals surface area contributed by atoms with Crippen molar-refractivity contribution < 1.29 is 4.79 Å². The van der Waals surface area contributed by atoms with Crippen LogP contribution in [0.3, 0.4) is 0 Å². The Kier molecular flexibility index (Phi) is 5.34. The van der Waals surface area contributed by atoms with Crippen LogP contribution in [0.15, 0.2) is 43.0 Å². The summed E-state index contributed by atoms with van der Waals surface area (Å²) >= 11 is 0. The van der Waals surface area contributed by atoms with Gasteiger partial charge in [0.15, 0.2) is 0 Å². The maximum atomic E-state index is 11.3. The number of unbranched alkanes of at least 4 members (excludes halogenated alkanes) is 1. The predicted molar refractivity (Wildman–Crippen MR) is 67.0 cm³/mol. The highest BCUT2D eigenvalue weighted by Gasteiger charge is 2.11. The summed E-state index contributed by atoms with van der Waals surface area (Å²) in [7, 11) is 0. The predicted octanol–water partition coefficient (Wildman–Crippen LogP) is 3.22. The number of amides is 1. The van der Waals surface area contributed by atoms with Crippen LogP contribution < -0.4 is 5.32 Å². The highest BCUT2D eigenvalue weighted by atomic mass is 16.1. The van der Waals surface area contributed by atoms with Crippen LogP contribution in [0.1, 0.15) is 37.8 Å². The molecule has 0 saturated heterocycles. The third-order valence-electron chi connectivity index (χ3n) is 2.55. The van der Waals surface area contributed by atoms with E-state index >= 15 is 0 Å². The molecular formula is C14H19NO. The lowest BCUT2D eigenvalue weighted by Gasteiger charge is -2.17. The molecule has 1 rings (SSSR count). The molecule has 16 heavy (non-hydrogen) atoms. The van der Waals surface area contributed by atoms with Gasteiger partial charge >= 0.3 is 0 Å². The molecule has 1 N–H and O–H groups in total. The summed E-state index contributed by atoms with van der Waals surface area (Å²) in [5.41, 5.74) is 1.16. The van der Waals surface area contributed by atoms with Gasteiger partial charge in [0.25, 0.3) is 0 Å². The van der Waals surface area contributed by atoms with E-state index in [2.05, 4.69) is 18.8 Å². The van der Waals surface area contributed by atoms with Gasteiger partial charge in [-0.3, -0.25) is 4.79 Å². The second-order valence-corrected chi connectivity index (χ2v) is 3.82. The van der Waals surface area contributed by atoms with E-state index in [1.807, 2.05) is 30.3 Å². The SMILES string of the molecule is C=CC(=O)NC(CCCC)c1ccccc1. The zero-order valence-electron chi connectivity index (χ0n) is 9.78. The smallest absolute Gasteiger partial charge is 0.243 e. The Morgan fingerprint density at radius 1 is 1.44 bits per heavy atom. The molecule has 0 fully saturated rings. The summed E-state index contributed by atoms with van der Waals surface area (Å²) in [5, 5.41) is 2.96. The largest absolute Gasteiger partial charge is 0.346 e. The van der Waals surface area contributed by atoms with E-state index in [1.54, 1.807) is 0 Å². The Bertz CT molecular complexity index is 332. The first-order valence-electron chi connectivity index (χ1n) is 5.75. The van der Waals surface area contributed by atoms with Crippen molar-refractivity contribution in [2.75, 3.05) is 0 Å². The fourth-order valence-corrected chi connectivity index (χ4v) is 1.65. The first kappa shape index (κ1) is 12.5. The molecule has 0 spiro atoms. The number of hydrogen-bond acceptors (Lipinski definition) is 1. The molecule has 1 aromatic carbocycles. The van der Waals surface area contributed by atoms with Gasteiger partial charge < -0.3 is 5.32 Å². The standard InChI is InChI=1S/C14H19NO/c1-3-5-11-13(15-14(16)4-2)12-9-7-6-8-10-12/h4,6-10,13H,2-3,5,11H2,1H3,(H,15,16). The molecule has 86 valence electrons. The molecular weight excluding hydrogens is 198 g/mol. The van der Waals surface area contributed by atoms with Crippen LogP contribution in [-0.2, 0) is 4.79 Å². The van der Waals surface area contributed by atoms with Gasteiger partial charge in [-0.1, -0.05) is 56.7 Å². The molecule has 0 aliphatic heterocycles. The summed E-state index contributed by atoms with van der Waals surface area (Å²) in [6.07, 6.45) is 4.53. The van der Waals surface area contributed by atoms with Gasteiger partial charge in [-0.25, -0.2) is 0 Å². The third-order valence-corrected chi connectivity index (χ3v) is 2.55. The van der Waals surface area contributed by atoms with Crippen molar-refractivity contribution in [2.45, 2.75) is 32.2 Å². The van der Waals surface area contributed by atoms with Crippen LogP contribution in [0, 0.1) is 0 Å². The second kappa shape index (κ2) is 6.83. The molecule has 2 nitrogen and oxygen atoms in total. The third kappa shape index (κ3) is 3.89. The minimum absolute atomic E-state index is 0.103. The molecule has 0 aliphatic carbocycles. The molecule has 2 heteroatoms. The van der Waals surface area contributed by atoms with Gasteiger partial charge in [0.05, 0.1) is 6.04 Å². The average molecular weight is 217 g/mol. The second-order valence-electron chi connectivity index (χ2n) is 3.82. The van der Waals surface area contributed by atoms with E-state index < -0.39 is 0 Å². The lowest BCUT2D eigenvalue weighted by atomic mass is 10.0. The van der Waals surface area contributed by atoms with Gasteiger partial charge in [-0.05, 0) is 18.1 Å². The van der Waals surface area contributed by atoms with Crippen molar-refractivity contribution in [2.24, 2.45) is 0 Å². The zero-order valence-corrected chi connectivity index (χ0v) is 9.78. The maximum absolute atomic E-state index is 11.3. The Balaban J connectivity index is 2.70. The van der Waals surface area contributed by atoms with Gasteiger partial charge in [-0.2, -0.15) is 0 Å². The van der Waals surface area contributed by atoms with Gasteiger partial charge in [0.1, 0.15) is 0 Å². The number of hydrogen-bond donors (Lipinski definition) is 1. The van der Waals surface area contributed by atoms with Crippen LogP contribution in [0.4, 0.5) is 0 Å². The van der Waals surface area contributed by atoms with Crippen molar-refractivity contribution in [3.63, 3.8) is 0 Å². The molecule has 0 bridgehead atoms. The zero-order chi connectivity index (χ0) is 11.8. The van der Waals surface area contributed by atoms with E-state index in [0.29, 0.717) is 0 Å². The highest BCUT2D eigenvalue weighted by Crippen LogP contribution is 2.18.